The quantitative estimate of drug-likeness (QED) is 0.808. The van der Waals surface area contributed by atoms with Gasteiger partial charge in [-0.15, -0.1) is 0 Å². The number of hydrogen-bond donors (Lipinski definition) is 3. The molecule has 0 atom stereocenters. The van der Waals surface area contributed by atoms with Gasteiger partial charge in [-0.3, -0.25) is 9.89 Å². The van der Waals surface area contributed by atoms with Gasteiger partial charge in [0.2, 0.25) is 5.91 Å². The van der Waals surface area contributed by atoms with Gasteiger partial charge in [0.15, 0.2) is 0 Å². The molecule has 20 heavy (non-hydrogen) atoms. The summed E-state index contributed by atoms with van der Waals surface area (Å²) in [5.74, 6) is -1.65. The normalized spacial score (nSPS) is 10.3. The molecule has 0 aliphatic carbocycles. The number of carboxylic acid groups (broad SMARTS) is 1. The van der Waals surface area contributed by atoms with Crippen molar-refractivity contribution in [1.82, 2.24) is 10.2 Å². The van der Waals surface area contributed by atoms with Crippen LogP contribution in [0.2, 0.25) is 10.0 Å². The number of aromatic amines is 1. The number of halogens is 2. The lowest BCUT2D eigenvalue weighted by atomic mass is 10.1. The number of carbonyl (C=O) groups is 2. The van der Waals surface area contributed by atoms with Crippen LogP contribution in [0, 0.1) is 0 Å². The SMILES string of the molecule is O=C(Cc1ccn[nH]1)Nc1c(Cl)cc(Cl)cc1C(=O)O. The molecular weight excluding hydrogens is 305 g/mol. The lowest BCUT2D eigenvalue weighted by Crippen LogP contribution is -2.17. The average Bonchev–Trinajstić information content (AvgIpc) is 2.84. The number of aromatic nitrogens is 2. The zero-order valence-electron chi connectivity index (χ0n) is 9.98. The van der Waals surface area contributed by atoms with E-state index in [9.17, 15) is 9.59 Å². The second-order valence-electron chi connectivity index (χ2n) is 3.92. The molecule has 2 aromatic rings. The summed E-state index contributed by atoms with van der Waals surface area (Å²) in [6.07, 6.45) is 1.54. The first-order valence-electron chi connectivity index (χ1n) is 5.48. The molecule has 1 aromatic carbocycles. The lowest BCUT2D eigenvalue weighted by Gasteiger charge is -2.10. The molecule has 0 aliphatic heterocycles. The van der Waals surface area contributed by atoms with E-state index in [1.807, 2.05) is 0 Å². The van der Waals surface area contributed by atoms with Gasteiger partial charge in [0.1, 0.15) is 0 Å². The molecule has 1 aromatic heterocycles. The molecule has 0 unspecified atom stereocenters. The number of H-pyrrole nitrogens is 1. The Hall–Kier alpha value is -2.05. The maximum absolute atomic E-state index is 11.8. The molecule has 0 radical (unpaired) electrons. The van der Waals surface area contributed by atoms with Crippen molar-refractivity contribution in [3.63, 3.8) is 0 Å². The highest BCUT2D eigenvalue weighted by atomic mass is 35.5. The maximum atomic E-state index is 11.8. The van der Waals surface area contributed by atoms with E-state index in [-0.39, 0.29) is 27.7 Å². The number of anilines is 1. The first kappa shape index (κ1) is 14.4. The van der Waals surface area contributed by atoms with Crippen molar-refractivity contribution < 1.29 is 14.7 Å². The van der Waals surface area contributed by atoms with Crippen LogP contribution in [0.3, 0.4) is 0 Å². The average molecular weight is 314 g/mol. The van der Waals surface area contributed by atoms with Crippen LogP contribution < -0.4 is 5.32 Å². The predicted molar refractivity (Wildman–Crippen MR) is 74.3 cm³/mol. The fourth-order valence-electron chi connectivity index (χ4n) is 1.61. The molecule has 0 fully saturated rings. The van der Waals surface area contributed by atoms with E-state index in [0.29, 0.717) is 5.69 Å². The second-order valence-corrected chi connectivity index (χ2v) is 4.77. The van der Waals surface area contributed by atoms with Crippen LogP contribution in [-0.2, 0) is 11.2 Å². The highest BCUT2D eigenvalue weighted by molar-refractivity contribution is 6.37. The molecule has 2 rings (SSSR count). The molecule has 1 amide bonds. The smallest absolute Gasteiger partial charge is 0.337 e. The van der Waals surface area contributed by atoms with Crippen LogP contribution >= 0.6 is 23.2 Å². The van der Waals surface area contributed by atoms with Crippen LogP contribution in [-0.4, -0.2) is 27.2 Å². The van der Waals surface area contributed by atoms with E-state index in [1.54, 1.807) is 6.07 Å². The number of hydrogen-bond acceptors (Lipinski definition) is 3. The summed E-state index contributed by atoms with van der Waals surface area (Å²) in [7, 11) is 0. The number of benzene rings is 1. The Morgan fingerprint density at radius 2 is 2.10 bits per heavy atom. The van der Waals surface area contributed by atoms with Gasteiger partial charge in [-0.05, 0) is 18.2 Å². The van der Waals surface area contributed by atoms with Gasteiger partial charge >= 0.3 is 5.97 Å². The summed E-state index contributed by atoms with van der Waals surface area (Å²) in [6.45, 7) is 0. The molecule has 6 nitrogen and oxygen atoms in total. The predicted octanol–water partition coefficient (Wildman–Crippen LogP) is 2.60. The van der Waals surface area contributed by atoms with Crippen molar-refractivity contribution in [2.24, 2.45) is 0 Å². The van der Waals surface area contributed by atoms with Crippen LogP contribution in [0.1, 0.15) is 16.1 Å². The Morgan fingerprint density at radius 1 is 1.35 bits per heavy atom. The third kappa shape index (κ3) is 3.28. The zero-order valence-corrected chi connectivity index (χ0v) is 11.5. The molecule has 0 bridgehead atoms. The number of carboxylic acids is 1. The van der Waals surface area contributed by atoms with Crippen molar-refractivity contribution in [2.75, 3.05) is 5.32 Å². The van der Waals surface area contributed by atoms with Crippen molar-refractivity contribution in [3.05, 3.63) is 45.7 Å². The topological polar surface area (TPSA) is 95.1 Å². The van der Waals surface area contributed by atoms with Crippen molar-refractivity contribution in [2.45, 2.75) is 6.42 Å². The Morgan fingerprint density at radius 3 is 2.70 bits per heavy atom. The summed E-state index contributed by atoms with van der Waals surface area (Å²) >= 11 is 11.7. The van der Waals surface area contributed by atoms with Gasteiger partial charge in [-0.25, -0.2) is 4.79 Å². The summed E-state index contributed by atoms with van der Waals surface area (Å²) in [4.78, 5) is 23.0. The minimum absolute atomic E-state index is 0.0214. The largest absolute Gasteiger partial charge is 0.478 e. The lowest BCUT2D eigenvalue weighted by molar-refractivity contribution is -0.115. The number of amides is 1. The molecule has 8 heteroatoms. The van der Waals surface area contributed by atoms with Gasteiger partial charge in [0, 0.05) is 16.9 Å². The van der Waals surface area contributed by atoms with Gasteiger partial charge in [0.25, 0.3) is 0 Å². The zero-order chi connectivity index (χ0) is 14.7. The molecule has 0 saturated carbocycles. The maximum Gasteiger partial charge on any atom is 0.337 e. The van der Waals surface area contributed by atoms with Crippen LogP contribution in [0.4, 0.5) is 5.69 Å². The third-order valence-electron chi connectivity index (χ3n) is 2.46. The summed E-state index contributed by atoms with van der Waals surface area (Å²) < 4.78 is 0. The number of nitrogens with zero attached hydrogens (tertiary/aromatic N) is 1. The molecular formula is C12H9Cl2N3O3. The minimum Gasteiger partial charge on any atom is -0.478 e. The summed E-state index contributed by atoms with van der Waals surface area (Å²) in [6, 6.07) is 4.23. The Labute approximate surface area is 123 Å². The standard InChI is InChI=1S/C12H9Cl2N3O3/c13-6-3-8(12(19)20)11(9(14)4-6)16-10(18)5-7-1-2-15-17-7/h1-4H,5H2,(H,15,17)(H,16,18)(H,19,20). The number of aromatic carboxylic acids is 1. The molecule has 104 valence electrons. The van der Waals surface area contributed by atoms with Crippen LogP contribution in [0.15, 0.2) is 24.4 Å². The number of nitrogens with one attached hydrogen (secondary N) is 2. The van der Waals surface area contributed by atoms with Crippen molar-refractivity contribution in [3.8, 4) is 0 Å². The van der Waals surface area contributed by atoms with Gasteiger partial charge in [-0.1, -0.05) is 23.2 Å². The number of carbonyl (C=O) groups excluding carboxylic acids is 1. The second kappa shape index (κ2) is 5.94. The van der Waals surface area contributed by atoms with E-state index < -0.39 is 11.9 Å². The first-order valence-corrected chi connectivity index (χ1v) is 6.23. The fourth-order valence-corrected chi connectivity index (χ4v) is 2.15. The monoisotopic (exact) mass is 313 g/mol. The molecule has 1 heterocycles. The minimum atomic E-state index is -1.23. The van der Waals surface area contributed by atoms with Gasteiger partial charge in [-0.2, -0.15) is 5.10 Å². The third-order valence-corrected chi connectivity index (χ3v) is 2.98. The van der Waals surface area contributed by atoms with E-state index in [1.165, 1.54) is 18.3 Å². The van der Waals surface area contributed by atoms with Crippen LogP contribution in [0.25, 0.3) is 0 Å². The molecule has 3 N–H and O–H groups in total. The Balaban J connectivity index is 2.24. The van der Waals surface area contributed by atoms with E-state index in [2.05, 4.69) is 15.5 Å². The molecule has 0 saturated heterocycles. The summed E-state index contributed by atoms with van der Waals surface area (Å²) in [5.41, 5.74) is 0.456. The molecule has 0 spiro atoms. The number of rotatable bonds is 4. The highest BCUT2D eigenvalue weighted by Gasteiger charge is 2.17. The first-order chi connectivity index (χ1) is 9.47. The highest BCUT2D eigenvalue weighted by Crippen LogP contribution is 2.30. The Kier molecular flexibility index (Phi) is 4.26. The van der Waals surface area contributed by atoms with Crippen molar-refractivity contribution in [1.29, 1.82) is 0 Å². The van der Waals surface area contributed by atoms with E-state index in [0.717, 1.165) is 0 Å². The van der Waals surface area contributed by atoms with Crippen molar-refractivity contribution >= 4 is 40.8 Å². The molecule has 0 aliphatic rings. The fraction of sp³-hybridized carbons (Fsp3) is 0.0833. The van der Waals surface area contributed by atoms with E-state index >= 15 is 0 Å². The van der Waals surface area contributed by atoms with E-state index in [4.69, 9.17) is 28.3 Å². The van der Waals surface area contributed by atoms with Gasteiger partial charge in [0.05, 0.1) is 22.7 Å². The van der Waals surface area contributed by atoms with Crippen LogP contribution in [0.5, 0.6) is 0 Å². The summed E-state index contributed by atoms with van der Waals surface area (Å²) in [5, 5.41) is 18.2. The van der Waals surface area contributed by atoms with Gasteiger partial charge < -0.3 is 10.4 Å². The Bertz CT molecular complexity index is 656.